The number of carbonyl (C=O) groups is 1. The molecule has 1 aliphatic heterocycles. The third-order valence-electron chi connectivity index (χ3n) is 5.76. The molecule has 29 heavy (non-hydrogen) atoms. The van der Waals surface area contributed by atoms with Crippen LogP contribution in [0.1, 0.15) is 55.7 Å². The van der Waals surface area contributed by atoms with Crippen molar-refractivity contribution in [1.82, 2.24) is 10.2 Å². The second-order valence-electron chi connectivity index (χ2n) is 7.85. The standard InChI is InChI=1S/C24H31FN2O2/c1-18(19-6-10-21(25)11-7-19)16-24(28)26-17-23(27-14-4-3-5-15-27)20-8-12-22(29-2)13-9-20/h6-13,18,23H,3-5,14-17H2,1-2H3,(H,26,28). The van der Waals surface area contributed by atoms with Gasteiger partial charge < -0.3 is 10.1 Å². The summed E-state index contributed by atoms with van der Waals surface area (Å²) >= 11 is 0. The van der Waals surface area contributed by atoms with Crippen molar-refractivity contribution < 1.29 is 13.9 Å². The zero-order valence-corrected chi connectivity index (χ0v) is 17.4. The first-order chi connectivity index (χ1) is 14.1. The van der Waals surface area contributed by atoms with Crippen molar-refractivity contribution in [3.63, 3.8) is 0 Å². The summed E-state index contributed by atoms with van der Waals surface area (Å²) in [7, 11) is 1.67. The number of amides is 1. The molecule has 0 aliphatic carbocycles. The first kappa shape index (κ1) is 21.3. The van der Waals surface area contributed by atoms with Crippen LogP contribution in [0.25, 0.3) is 0 Å². The average molecular weight is 399 g/mol. The molecule has 3 rings (SSSR count). The second kappa shape index (κ2) is 10.4. The predicted octanol–water partition coefficient (Wildman–Crippen LogP) is 4.67. The van der Waals surface area contributed by atoms with Crippen LogP contribution in [-0.4, -0.2) is 37.6 Å². The van der Waals surface area contributed by atoms with Gasteiger partial charge in [0.1, 0.15) is 11.6 Å². The van der Waals surface area contributed by atoms with E-state index < -0.39 is 0 Å². The predicted molar refractivity (Wildman–Crippen MR) is 114 cm³/mol. The number of hydrogen-bond acceptors (Lipinski definition) is 3. The number of nitrogens with zero attached hydrogens (tertiary/aromatic N) is 1. The summed E-state index contributed by atoms with van der Waals surface area (Å²) in [4.78, 5) is 15.1. The Bertz CT molecular complexity index is 770. The van der Waals surface area contributed by atoms with E-state index in [1.54, 1.807) is 19.2 Å². The number of likely N-dealkylation sites (tertiary alicyclic amines) is 1. The van der Waals surface area contributed by atoms with Gasteiger partial charge in [-0.3, -0.25) is 9.69 Å². The van der Waals surface area contributed by atoms with Crippen molar-refractivity contribution in [2.45, 2.75) is 44.6 Å². The molecule has 1 fully saturated rings. The lowest BCUT2D eigenvalue weighted by atomic mass is 9.97. The molecule has 0 spiro atoms. The van der Waals surface area contributed by atoms with Crippen molar-refractivity contribution in [2.24, 2.45) is 0 Å². The van der Waals surface area contributed by atoms with Gasteiger partial charge in [0.2, 0.25) is 5.91 Å². The highest BCUT2D eigenvalue weighted by Gasteiger charge is 2.23. The van der Waals surface area contributed by atoms with E-state index in [1.165, 1.54) is 37.0 Å². The van der Waals surface area contributed by atoms with Gasteiger partial charge in [-0.1, -0.05) is 37.6 Å². The van der Waals surface area contributed by atoms with Crippen LogP contribution in [0.5, 0.6) is 5.75 Å². The second-order valence-corrected chi connectivity index (χ2v) is 7.85. The molecule has 0 bridgehead atoms. The number of halogens is 1. The third kappa shape index (κ3) is 6.04. The van der Waals surface area contributed by atoms with Crippen molar-refractivity contribution in [1.29, 1.82) is 0 Å². The lowest BCUT2D eigenvalue weighted by Gasteiger charge is -2.35. The number of hydrogen-bond donors (Lipinski definition) is 1. The van der Waals surface area contributed by atoms with Gasteiger partial charge in [0.15, 0.2) is 0 Å². The first-order valence-corrected chi connectivity index (χ1v) is 10.5. The fourth-order valence-electron chi connectivity index (χ4n) is 3.98. The van der Waals surface area contributed by atoms with E-state index in [0.29, 0.717) is 13.0 Å². The minimum Gasteiger partial charge on any atom is -0.497 e. The molecule has 4 nitrogen and oxygen atoms in total. The van der Waals surface area contributed by atoms with Gasteiger partial charge in [0.05, 0.1) is 13.2 Å². The summed E-state index contributed by atoms with van der Waals surface area (Å²) < 4.78 is 18.4. The van der Waals surface area contributed by atoms with Crippen molar-refractivity contribution in [3.8, 4) is 5.75 Å². The summed E-state index contributed by atoms with van der Waals surface area (Å²) in [5, 5.41) is 3.13. The Labute approximate surface area is 173 Å². The molecule has 2 aromatic carbocycles. The Morgan fingerprint density at radius 2 is 1.66 bits per heavy atom. The van der Waals surface area contributed by atoms with Crippen LogP contribution in [-0.2, 0) is 4.79 Å². The summed E-state index contributed by atoms with van der Waals surface area (Å²) in [6.45, 7) is 4.69. The van der Waals surface area contributed by atoms with E-state index in [2.05, 4.69) is 22.3 Å². The monoisotopic (exact) mass is 398 g/mol. The highest BCUT2D eigenvalue weighted by Crippen LogP contribution is 2.26. The molecule has 156 valence electrons. The lowest BCUT2D eigenvalue weighted by Crippen LogP contribution is -2.40. The van der Waals surface area contributed by atoms with E-state index in [-0.39, 0.29) is 23.7 Å². The molecule has 5 heteroatoms. The first-order valence-electron chi connectivity index (χ1n) is 10.5. The van der Waals surface area contributed by atoms with Gasteiger partial charge >= 0.3 is 0 Å². The highest BCUT2D eigenvalue weighted by molar-refractivity contribution is 5.76. The summed E-state index contributed by atoms with van der Waals surface area (Å²) in [5.74, 6) is 0.653. The molecule has 1 saturated heterocycles. The number of ether oxygens (including phenoxy) is 1. The molecule has 2 atom stereocenters. The summed E-state index contributed by atoms with van der Waals surface area (Å²) in [5.41, 5.74) is 2.17. The number of nitrogens with one attached hydrogen (secondary N) is 1. The van der Waals surface area contributed by atoms with Crippen LogP contribution in [0.4, 0.5) is 4.39 Å². The third-order valence-corrected chi connectivity index (χ3v) is 5.76. The highest BCUT2D eigenvalue weighted by atomic mass is 19.1. The van der Waals surface area contributed by atoms with Gasteiger partial charge in [-0.15, -0.1) is 0 Å². The van der Waals surface area contributed by atoms with E-state index >= 15 is 0 Å². The Hall–Kier alpha value is -2.40. The van der Waals surface area contributed by atoms with Crippen molar-refractivity contribution in [3.05, 3.63) is 65.5 Å². The van der Waals surface area contributed by atoms with Gasteiger partial charge in [-0.05, 0) is 67.2 Å². The Morgan fingerprint density at radius 1 is 1.03 bits per heavy atom. The Balaban J connectivity index is 1.62. The van der Waals surface area contributed by atoms with Crippen LogP contribution < -0.4 is 10.1 Å². The van der Waals surface area contributed by atoms with Crippen molar-refractivity contribution >= 4 is 5.91 Å². The van der Waals surface area contributed by atoms with Crippen LogP contribution in [0.2, 0.25) is 0 Å². The maximum atomic E-state index is 13.1. The number of piperidine rings is 1. The fraction of sp³-hybridized carbons (Fsp3) is 0.458. The summed E-state index contributed by atoms with van der Waals surface area (Å²) in [6.07, 6.45) is 4.05. The molecular formula is C24H31FN2O2. The molecule has 1 heterocycles. The Kier molecular flexibility index (Phi) is 7.64. The fourth-order valence-corrected chi connectivity index (χ4v) is 3.98. The largest absolute Gasteiger partial charge is 0.497 e. The van der Waals surface area contributed by atoms with Gasteiger partial charge in [0, 0.05) is 13.0 Å². The quantitative estimate of drug-likeness (QED) is 0.702. The molecule has 0 aromatic heterocycles. The molecule has 1 amide bonds. The lowest BCUT2D eigenvalue weighted by molar-refractivity contribution is -0.121. The van der Waals surface area contributed by atoms with E-state index in [4.69, 9.17) is 4.74 Å². The molecule has 2 aromatic rings. The number of benzene rings is 2. The van der Waals surface area contributed by atoms with Gasteiger partial charge in [0.25, 0.3) is 0 Å². The maximum Gasteiger partial charge on any atom is 0.220 e. The topological polar surface area (TPSA) is 41.6 Å². The number of methoxy groups -OCH3 is 1. The maximum absolute atomic E-state index is 13.1. The molecule has 1 aliphatic rings. The minimum atomic E-state index is -0.255. The molecule has 0 saturated carbocycles. The zero-order chi connectivity index (χ0) is 20.6. The molecular weight excluding hydrogens is 367 g/mol. The Morgan fingerprint density at radius 3 is 2.28 bits per heavy atom. The molecule has 2 unspecified atom stereocenters. The summed E-state index contributed by atoms with van der Waals surface area (Å²) in [6, 6.07) is 14.7. The van der Waals surface area contributed by atoms with Gasteiger partial charge in [-0.25, -0.2) is 4.39 Å². The zero-order valence-electron chi connectivity index (χ0n) is 17.4. The van der Waals surface area contributed by atoms with E-state index in [9.17, 15) is 9.18 Å². The van der Waals surface area contributed by atoms with Crippen LogP contribution >= 0.6 is 0 Å². The van der Waals surface area contributed by atoms with Crippen LogP contribution in [0.15, 0.2) is 48.5 Å². The average Bonchev–Trinajstić information content (AvgIpc) is 2.75. The van der Waals surface area contributed by atoms with Crippen molar-refractivity contribution in [2.75, 3.05) is 26.7 Å². The molecule has 1 N–H and O–H groups in total. The smallest absolute Gasteiger partial charge is 0.220 e. The van der Waals surface area contributed by atoms with Crippen LogP contribution in [0.3, 0.4) is 0 Å². The van der Waals surface area contributed by atoms with E-state index in [0.717, 1.165) is 24.4 Å². The SMILES string of the molecule is COc1ccc(C(CNC(=O)CC(C)c2ccc(F)cc2)N2CCCCC2)cc1. The van der Waals surface area contributed by atoms with Gasteiger partial charge in [-0.2, -0.15) is 0 Å². The van der Waals surface area contributed by atoms with Crippen LogP contribution in [0, 0.1) is 5.82 Å². The number of carbonyl (C=O) groups excluding carboxylic acids is 1. The minimum absolute atomic E-state index is 0.0253. The normalized spacial score (nSPS) is 16.8. The number of rotatable bonds is 8. The molecule has 0 radical (unpaired) electrons. The van der Waals surface area contributed by atoms with E-state index in [1.807, 2.05) is 19.1 Å².